The minimum absolute atomic E-state index is 0.107. The first-order valence-corrected chi connectivity index (χ1v) is 10.7. The lowest BCUT2D eigenvalue weighted by Gasteiger charge is -2.28. The van der Waals surface area contributed by atoms with Crippen LogP contribution in [0.1, 0.15) is 35.7 Å². The molecule has 3 atom stereocenters. The molecule has 178 valence electrons. The normalized spacial score (nSPS) is 19.9. The molecule has 1 saturated heterocycles. The molecule has 2 unspecified atom stereocenters. The van der Waals surface area contributed by atoms with Crippen LogP contribution in [0.25, 0.3) is 0 Å². The van der Waals surface area contributed by atoms with Crippen LogP contribution in [0.5, 0.6) is 0 Å². The smallest absolute Gasteiger partial charge is 0.384 e. The van der Waals surface area contributed by atoms with Gasteiger partial charge in [0.2, 0.25) is 11.8 Å². The van der Waals surface area contributed by atoms with Crippen molar-refractivity contribution in [2.75, 3.05) is 12.3 Å². The van der Waals surface area contributed by atoms with Crippen LogP contribution in [0.4, 0.5) is 19.0 Å². The summed E-state index contributed by atoms with van der Waals surface area (Å²) in [4.78, 5) is 30.7. The van der Waals surface area contributed by atoms with Crippen molar-refractivity contribution in [2.45, 2.75) is 51.5 Å². The van der Waals surface area contributed by atoms with Crippen molar-refractivity contribution in [1.29, 1.82) is 0 Å². The molecule has 1 aromatic heterocycles. The van der Waals surface area contributed by atoms with E-state index < -0.39 is 29.7 Å². The molecular weight excluding hydrogens is 435 g/mol. The summed E-state index contributed by atoms with van der Waals surface area (Å²) in [6.07, 6.45) is -3.68. The summed E-state index contributed by atoms with van der Waals surface area (Å²) in [5.41, 5.74) is 12.6. The van der Waals surface area contributed by atoms with Gasteiger partial charge in [-0.3, -0.25) is 14.5 Å². The number of carbonyl (C=O) groups is 2. The number of nitrogens with zero attached hydrogens (tertiary/aromatic N) is 2. The molecule has 0 saturated carbocycles. The monoisotopic (exact) mass is 463 g/mol. The summed E-state index contributed by atoms with van der Waals surface area (Å²) in [7, 11) is 0. The highest BCUT2D eigenvalue weighted by Crippen LogP contribution is 2.32. The first-order chi connectivity index (χ1) is 15.5. The minimum Gasteiger partial charge on any atom is -0.384 e. The Morgan fingerprint density at radius 3 is 2.64 bits per heavy atom. The van der Waals surface area contributed by atoms with Crippen LogP contribution in [0.3, 0.4) is 0 Å². The molecule has 0 bridgehead atoms. The van der Waals surface area contributed by atoms with Gasteiger partial charge in [0.05, 0.1) is 17.6 Å². The molecule has 2 aromatic rings. The van der Waals surface area contributed by atoms with Crippen LogP contribution in [0.2, 0.25) is 0 Å². The van der Waals surface area contributed by atoms with Crippen molar-refractivity contribution in [3.05, 3.63) is 58.8 Å². The molecular formula is C23H28F3N5O2. The highest BCUT2D eigenvalue weighted by atomic mass is 19.4. The second-order valence-electron chi connectivity index (χ2n) is 8.49. The molecule has 1 fully saturated rings. The topological polar surface area (TPSA) is 114 Å². The first-order valence-electron chi connectivity index (χ1n) is 10.7. The highest BCUT2D eigenvalue weighted by molar-refractivity contribution is 5.84. The number of benzene rings is 1. The number of aromatic nitrogens is 1. The molecule has 0 spiro atoms. The Morgan fingerprint density at radius 2 is 2.00 bits per heavy atom. The maximum Gasteiger partial charge on any atom is 0.416 e. The van der Waals surface area contributed by atoms with Crippen molar-refractivity contribution in [1.82, 2.24) is 15.2 Å². The summed E-state index contributed by atoms with van der Waals surface area (Å²) in [5, 5.41) is 2.85. The predicted octanol–water partition coefficient (Wildman–Crippen LogP) is 2.41. The van der Waals surface area contributed by atoms with Gasteiger partial charge >= 0.3 is 6.18 Å². The van der Waals surface area contributed by atoms with Gasteiger partial charge in [-0.1, -0.05) is 24.3 Å². The lowest BCUT2D eigenvalue weighted by atomic mass is 9.95. The van der Waals surface area contributed by atoms with Gasteiger partial charge in [-0.15, -0.1) is 0 Å². The number of nitrogens with one attached hydrogen (secondary N) is 1. The lowest BCUT2D eigenvalue weighted by molar-refractivity contribution is -0.137. The van der Waals surface area contributed by atoms with Crippen LogP contribution in [0, 0.1) is 12.8 Å². The number of hydrogen-bond donors (Lipinski definition) is 3. The van der Waals surface area contributed by atoms with E-state index in [1.807, 2.05) is 0 Å². The Kier molecular flexibility index (Phi) is 7.26. The SMILES string of the molecule is Cc1nc(N)ccc1CNC(=O)[C@H](C)N1CC(Cc2cccc(C(F)(F)F)c2)CC1C(N)=O. The summed E-state index contributed by atoms with van der Waals surface area (Å²) < 4.78 is 39.1. The summed E-state index contributed by atoms with van der Waals surface area (Å²) in [6.45, 7) is 4.11. The number of likely N-dealkylation sites (tertiary alicyclic amines) is 1. The fourth-order valence-corrected chi connectivity index (χ4v) is 4.29. The molecule has 10 heteroatoms. The number of primary amides is 1. The number of aryl methyl sites for hydroxylation is 1. The standard InChI is InChI=1S/C23H28F3N5O2/c1-13-17(6-7-20(27)30-13)11-29-22(33)14(2)31-12-16(10-19(31)21(28)32)8-15-4-3-5-18(9-15)23(24,25)26/h3-7,9,14,16,19H,8,10-12H2,1-2H3,(H2,27,30)(H2,28,32)(H,29,33)/t14-,16?,19?/m0/s1. The number of halogens is 3. The number of alkyl halides is 3. The van der Waals surface area contributed by atoms with E-state index in [-0.39, 0.29) is 18.4 Å². The fraction of sp³-hybridized carbons (Fsp3) is 0.435. The number of nitrogen functional groups attached to an aromatic ring is 1. The van der Waals surface area contributed by atoms with E-state index in [1.54, 1.807) is 36.9 Å². The second-order valence-corrected chi connectivity index (χ2v) is 8.49. The third-order valence-corrected chi connectivity index (χ3v) is 6.08. The van der Waals surface area contributed by atoms with Crippen LogP contribution in [0.15, 0.2) is 36.4 Å². The number of amides is 2. The van der Waals surface area contributed by atoms with E-state index in [9.17, 15) is 22.8 Å². The molecule has 7 nitrogen and oxygen atoms in total. The van der Waals surface area contributed by atoms with Crippen molar-refractivity contribution in [3.8, 4) is 0 Å². The molecule has 1 aromatic carbocycles. The Labute approximate surface area is 190 Å². The van der Waals surface area contributed by atoms with Crippen molar-refractivity contribution in [2.24, 2.45) is 11.7 Å². The maximum atomic E-state index is 13.0. The summed E-state index contributed by atoms with van der Waals surface area (Å²) in [6, 6.07) is 7.30. The fourth-order valence-electron chi connectivity index (χ4n) is 4.29. The van der Waals surface area contributed by atoms with Crippen LogP contribution in [-0.4, -0.2) is 40.3 Å². The van der Waals surface area contributed by atoms with Crippen LogP contribution >= 0.6 is 0 Å². The lowest BCUT2D eigenvalue weighted by Crippen LogP contribution is -2.51. The van der Waals surface area contributed by atoms with E-state index in [2.05, 4.69) is 10.3 Å². The Balaban J connectivity index is 1.66. The molecule has 2 amide bonds. The molecule has 2 heterocycles. The first kappa shape index (κ1) is 24.5. The van der Waals surface area contributed by atoms with Gasteiger partial charge in [0, 0.05) is 18.8 Å². The van der Waals surface area contributed by atoms with Gasteiger partial charge in [0.1, 0.15) is 5.82 Å². The van der Waals surface area contributed by atoms with Crippen LogP contribution < -0.4 is 16.8 Å². The Morgan fingerprint density at radius 1 is 1.27 bits per heavy atom. The third kappa shape index (κ3) is 6.01. The number of anilines is 1. The molecule has 33 heavy (non-hydrogen) atoms. The predicted molar refractivity (Wildman–Crippen MR) is 118 cm³/mol. The number of rotatable bonds is 7. The summed E-state index contributed by atoms with van der Waals surface area (Å²) in [5.74, 6) is -0.550. The zero-order chi connectivity index (χ0) is 24.3. The minimum atomic E-state index is -4.42. The van der Waals surface area contributed by atoms with Gasteiger partial charge in [-0.2, -0.15) is 13.2 Å². The largest absolute Gasteiger partial charge is 0.416 e. The maximum absolute atomic E-state index is 13.0. The van der Waals surface area contributed by atoms with Crippen molar-refractivity contribution in [3.63, 3.8) is 0 Å². The van der Waals surface area contributed by atoms with Gasteiger partial charge in [0.25, 0.3) is 0 Å². The Bertz CT molecular complexity index is 1030. The van der Waals surface area contributed by atoms with E-state index >= 15 is 0 Å². The molecule has 1 aliphatic heterocycles. The molecule has 1 aliphatic rings. The van der Waals surface area contributed by atoms with E-state index in [1.165, 1.54) is 6.07 Å². The highest BCUT2D eigenvalue weighted by Gasteiger charge is 2.40. The van der Waals surface area contributed by atoms with Gasteiger partial charge < -0.3 is 16.8 Å². The van der Waals surface area contributed by atoms with E-state index in [0.29, 0.717) is 36.5 Å². The number of nitrogens with two attached hydrogens (primary N) is 2. The average Bonchev–Trinajstić information content (AvgIpc) is 3.16. The van der Waals surface area contributed by atoms with Gasteiger partial charge in [-0.25, -0.2) is 4.98 Å². The average molecular weight is 464 g/mol. The number of hydrogen-bond acceptors (Lipinski definition) is 5. The second kappa shape index (κ2) is 9.78. The van der Waals surface area contributed by atoms with Gasteiger partial charge in [-0.05, 0) is 55.9 Å². The molecule has 3 rings (SSSR count). The van der Waals surface area contributed by atoms with Crippen molar-refractivity contribution < 1.29 is 22.8 Å². The zero-order valence-electron chi connectivity index (χ0n) is 18.5. The number of carbonyl (C=O) groups excluding carboxylic acids is 2. The van der Waals surface area contributed by atoms with Crippen LogP contribution in [-0.2, 0) is 28.7 Å². The molecule has 0 aliphatic carbocycles. The zero-order valence-corrected chi connectivity index (χ0v) is 18.5. The van der Waals surface area contributed by atoms with Crippen molar-refractivity contribution >= 4 is 17.6 Å². The number of pyridine rings is 1. The van der Waals surface area contributed by atoms with Gasteiger partial charge in [0.15, 0.2) is 0 Å². The third-order valence-electron chi connectivity index (χ3n) is 6.08. The molecule has 5 N–H and O–H groups in total. The molecule has 0 radical (unpaired) electrons. The van der Waals surface area contributed by atoms with E-state index in [4.69, 9.17) is 11.5 Å². The van der Waals surface area contributed by atoms with E-state index in [0.717, 1.165) is 17.7 Å². The quantitative estimate of drug-likeness (QED) is 0.584. The summed E-state index contributed by atoms with van der Waals surface area (Å²) >= 11 is 0. The Hall–Kier alpha value is -3.14.